The highest BCUT2D eigenvalue weighted by atomic mass is 32.2. The maximum Gasteiger partial charge on any atom is 0.209 e. The zero-order chi connectivity index (χ0) is 42.0. The van der Waals surface area contributed by atoms with Crippen LogP contribution in [0.4, 0.5) is 0 Å². The highest BCUT2D eigenvalue weighted by molar-refractivity contribution is 7.91. The molecule has 7 aromatic rings. The molecular weight excluding hydrogens is 733 g/mol. The fraction of sp³-hybridized carbons (Fsp3) is 0.373. The van der Waals surface area contributed by atoms with Crippen LogP contribution in [-0.2, 0) is 32.5 Å². The molecule has 0 saturated carbocycles. The van der Waals surface area contributed by atoms with Gasteiger partial charge in [0.05, 0.1) is 32.0 Å². The van der Waals surface area contributed by atoms with Crippen LogP contribution in [0.5, 0.6) is 0 Å². The Morgan fingerprint density at radius 3 is 1.36 bits per heavy atom. The molecule has 0 saturated heterocycles. The van der Waals surface area contributed by atoms with Gasteiger partial charge in [-0.25, -0.2) is 18.4 Å². The third-order valence-corrected chi connectivity index (χ3v) is 14.6. The van der Waals surface area contributed by atoms with Crippen molar-refractivity contribution in [1.29, 1.82) is 0 Å². The highest BCUT2D eigenvalue weighted by Gasteiger charge is 2.39. The maximum absolute atomic E-state index is 14.2. The van der Waals surface area contributed by atoms with E-state index in [1.807, 2.05) is 12.1 Å². The summed E-state index contributed by atoms with van der Waals surface area (Å²) in [5, 5.41) is 3.53. The number of hydrogen-bond acceptors (Lipinski definition) is 4. The van der Waals surface area contributed by atoms with Gasteiger partial charge in [0.1, 0.15) is 11.6 Å². The summed E-state index contributed by atoms with van der Waals surface area (Å²) < 4.78 is 32.6. The third kappa shape index (κ3) is 6.50. The molecule has 0 fully saturated rings. The number of allylic oxidation sites excluding steroid dienone is 1. The van der Waals surface area contributed by atoms with Crippen LogP contribution in [0, 0.1) is 10.8 Å². The molecule has 0 aliphatic heterocycles. The first-order valence-corrected chi connectivity index (χ1v) is 22.0. The Bertz CT molecular complexity index is 2830. The van der Waals surface area contributed by atoms with Crippen LogP contribution in [0.3, 0.4) is 0 Å². The molecule has 0 bridgehead atoms. The Morgan fingerprint density at radius 1 is 0.552 bits per heavy atom. The van der Waals surface area contributed by atoms with Gasteiger partial charge in [0.25, 0.3) is 0 Å². The average Bonchev–Trinajstić information content (AvgIpc) is 3.64. The molecule has 0 N–H and O–H groups in total. The Hall–Kier alpha value is -5.01. The van der Waals surface area contributed by atoms with Gasteiger partial charge in [0.15, 0.2) is 0 Å². The molecule has 6 nitrogen and oxygen atoms in total. The lowest BCUT2D eigenvalue weighted by molar-refractivity contribution is 0.168. The third-order valence-electron chi connectivity index (χ3n) is 12.9. The summed E-state index contributed by atoms with van der Waals surface area (Å²) in [6, 6.07) is 27.0. The number of benzene rings is 3. The topological polar surface area (TPSA) is 69.8 Å². The first kappa shape index (κ1) is 39.8. The molecule has 1 atom stereocenters. The van der Waals surface area contributed by atoms with E-state index in [4.69, 9.17) is 9.97 Å². The summed E-state index contributed by atoms with van der Waals surface area (Å²) in [6.07, 6.45) is 8.45. The normalized spacial score (nSPS) is 16.8. The van der Waals surface area contributed by atoms with E-state index in [-0.39, 0.29) is 36.9 Å². The fourth-order valence-corrected chi connectivity index (χ4v) is 9.47. The number of rotatable bonds is 4. The summed E-state index contributed by atoms with van der Waals surface area (Å²) in [6.45, 7) is 29.4. The second-order valence-corrected chi connectivity index (χ2v) is 22.8. The van der Waals surface area contributed by atoms with Crippen molar-refractivity contribution >= 4 is 48.6 Å². The Labute approximate surface area is 345 Å². The zero-order valence-electron chi connectivity index (χ0n) is 36.5. The number of aromatic nitrogens is 4. The van der Waals surface area contributed by atoms with E-state index in [2.05, 4.69) is 166 Å². The quantitative estimate of drug-likeness (QED) is 0.178. The van der Waals surface area contributed by atoms with Gasteiger partial charge in [-0.3, -0.25) is 9.13 Å². The largest absolute Gasteiger partial charge is 0.294 e. The predicted octanol–water partition coefficient (Wildman–Crippen LogP) is 12.9. The Balaban J connectivity index is 1.18. The lowest BCUT2D eigenvalue weighted by Crippen LogP contribution is -2.34. The summed E-state index contributed by atoms with van der Waals surface area (Å²) in [5.74, 6) is 1.34. The van der Waals surface area contributed by atoms with Crippen molar-refractivity contribution in [3.05, 3.63) is 125 Å². The summed E-state index contributed by atoms with van der Waals surface area (Å²) in [5.41, 5.74) is 9.34. The number of hydrogen-bond donors (Lipinski definition) is 0. The number of sulfone groups is 1. The maximum atomic E-state index is 14.2. The molecule has 0 amide bonds. The van der Waals surface area contributed by atoms with E-state index >= 15 is 0 Å². The monoisotopic (exact) mass is 790 g/mol. The lowest BCUT2D eigenvalue weighted by Gasteiger charge is -2.42. The van der Waals surface area contributed by atoms with Crippen LogP contribution in [0.25, 0.3) is 50.4 Å². The molecule has 0 radical (unpaired) electrons. The van der Waals surface area contributed by atoms with Gasteiger partial charge >= 0.3 is 0 Å². The van der Waals surface area contributed by atoms with Crippen molar-refractivity contribution < 1.29 is 8.42 Å². The van der Waals surface area contributed by atoms with E-state index in [9.17, 15) is 8.42 Å². The molecular formula is C51H58N4O2S. The molecule has 4 aromatic heterocycles. The van der Waals surface area contributed by atoms with Crippen molar-refractivity contribution in [3.63, 3.8) is 0 Å². The van der Waals surface area contributed by atoms with Crippen LogP contribution >= 0.6 is 0 Å². The molecule has 58 heavy (non-hydrogen) atoms. The van der Waals surface area contributed by atoms with Gasteiger partial charge in [0.2, 0.25) is 9.84 Å². The van der Waals surface area contributed by atoms with E-state index in [0.717, 1.165) is 39.4 Å². The van der Waals surface area contributed by atoms with Crippen LogP contribution in [0.1, 0.15) is 118 Å². The first-order chi connectivity index (χ1) is 26.9. The number of pyridine rings is 2. The molecule has 0 spiro atoms. The standard InChI is InChI=1S/C51H58N4O2S/c1-47(2,3)32-14-19-41-37(26-32)38-27-33(48(4,5)6)15-20-42(38)54(41)45-22-17-35(30-52-45)58(56,57)36-18-23-46(53-31-36)55-43-21-16-34(49(7,8)9)28-39(43)40-29-51(13,50(10,11)12)25-24-44(40)55/h14-28,30-31H,29H2,1-13H3. The average molecular weight is 791 g/mol. The summed E-state index contributed by atoms with van der Waals surface area (Å²) in [7, 11) is -3.91. The van der Waals surface area contributed by atoms with Crippen LogP contribution in [0.2, 0.25) is 0 Å². The van der Waals surface area contributed by atoms with Crippen LogP contribution in [-0.4, -0.2) is 27.5 Å². The van der Waals surface area contributed by atoms with Crippen molar-refractivity contribution in [3.8, 4) is 11.6 Å². The number of nitrogens with zero attached hydrogens (tertiary/aromatic N) is 4. The van der Waals surface area contributed by atoms with Gasteiger partial charge in [-0.1, -0.05) is 114 Å². The second kappa shape index (κ2) is 13.0. The van der Waals surface area contributed by atoms with Crippen molar-refractivity contribution in [2.45, 2.75) is 122 Å². The van der Waals surface area contributed by atoms with Gasteiger partial charge in [0, 0.05) is 28.6 Å². The Morgan fingerprint density at radius 2 is 0.966 bits per heavy atom. The van der Waals surface area contributed by atoms with E-state index in [0.29, 0.717) is 11.6 Å². The summed E-state index contributed by atoms with van der Waals surface area (Å²) in [4.78, 5) is 9.88. The smallest absolute Gasteiger partial charge is 0.209 e. The van der Waals surface area contributed by atoms with Crippen LogP contribution in [0.15, 0.2) is 107 Å². The highest BCUT2D eigenvalue weighted by Crippen LogP contribution is 2.49. The van der Waals surface area contributed by atoms with Gasteiger partial charge in [-0.2, -0.15) is 0 Å². The van der Waals surface area contributed by atoms with Gasteiger partial charge < -0.3 is 0 Å². The predicted molar refractivity (Wildman–Crippen MR) is 241 cm³/mol. The summed E-state index contributed by atoms with van der Waals surface area (Å²) >= 11 is 0. The van der Waals surface area contributed by atoms with E-state index < -0.39 is 9.84 Å². The molecule has 300 valence electrons. The van der Waals surface area contributed by atoms with Gasteiger partial charge in [-0.15, -0.1) is 0 Å². The van der Waals surface area contributed by atoms with Crippen molar-refractivity contribution in [1.82, 2.24) is 19.1 Å². The molecule has 1 aliphatic carbocycles. The van der Waals surface area contributed by atoms with E-state index in [1.54, 1.807) is 12.1 Å². The molecule has 8 rings (SSSR count). The van der Waals surface area contributed by atoms with Crippen LogP contribution < -0.4 is 0 Å². The first-order valence-electron chi connectivity index (χ1n) is 20.5. The molecule has 3 aromatic carbocycles. The SMILES string of the molecule is CC(C)(C)c1ccc2c(c1)c1c(n2-c2ccc(S(=O)(=O)c3ccc(-n4c5ccc(C(C)(C)C)cc5c5cc(C(C)(C)C)ccc54)nc3)cn2)C=CC(C)(C(C)(C)C)C1. The minimum Gasteiger partial charge on any atom is -0.294 e. The molecule has 7 heteroatoms. The lowest BCUT2D eigenvalue weighted by atomic mass is 9.63. The molecule has 4 heterocycles. The van der Waals surface area contributed by atoms with Crippen molar-refractivity contribution in [2.75, 3.05) is 0 Å². The zero-order valence-corrected chi connectivity index (χ0v) is 37.4. The Kier molecular flexibility index (Phi) is 8.92. The fourth-order valence-electron chi connectivity index (χ4n) is 8.32. The second-order valence-electron chi connectivity index (χ2n) is 20.9. The molecule has 1 aliphatic rings. The minimum atomic E-state index is -3.91. The number of fused-ring (bicyclic) bond motifs is 6. The van der Waals surface area contributed by atoms with Gasteiger partial charge in [-0.05, 0) is 122 Å². The minimum absolute atomic E-state index is 0.00190. The molecule has 1 unspecified atom stereocenters. The van der Waals surface area contributed by atoms with Crippen molar-refractivity contribution in [2.24, 2.45) is 10.8 Å². The van der Waals surface area contributed by atoms with E-state index in [1.165, 1.54) is 40.0 Å².